The summed E-state index contributed by atoms with van der Waals surface area (Å²) < 4.78 is 6.92. The molecule has 0 aliphatic heterocycles. The predicted octanol–water partition coefficient (Wildman–Crippen LogP) is 0.621. The molecule has 0 aliphatic rings. The molecule has 6 nitrogen and oxygen atoms in total. The molecule has 1 aromatic heterocycles. The highest BCUT2D eigenvalue weighted by atomic mass is 16.5. The van der Waals surface area contributed by atoms with Crippen LogP contribution in [0.25, 0.3) is 0 Å². The van der Waals surface area contributed by atoms with Crippen LogP contribution in [0.4, 0.5) is 0 Å². The van der Waals surface area contributed by atoms with Crippen LogP contribution >= 0.6 is 0 Å². The average molecular weight is 247 g/mol. The van der Waals surface area contributed by atoms with Crippen LogP contribution in [0, 0.1) is 0 Å². The molecule has 2 aromatic rings. The summed E-state index contributed by atoms with van der Waals surface area (Å²) in [5.74, 6) is 1.70. The molecule has 18 heavy (non-hydrogen) atoms. The van der Waals surface area contributed by atoms with Crippen molar-refractivity contribution in [3.63, 3.8) is 0 Å². The Morgan fingerprint density at radius 3 is 2.72 bits per heavy atom. The van der Waals surface area contributed by atoms with Gasteiger partial charge in [0.15, 0.2) is 5.82 Å². The normalized spacial score (nSPS) is 10.6. The Morgan fingerprint density at radius 2 is 2.06 bits per heavy atom. The molecule has 6 heteroatoms. The van der Waals surface area contributed by atoms with Crippen LogP contribution in [0.1, 0.15) is 17.8 Å². The van der Waals surface area contributed by atoms with Crippen LogP contribution in [0.3, 0.4) is 0 Å². The van der Waals surface area contributed by atoms with Gasteiger partial charge < -0.3 is 10.5 Å². The van der Waals surface area contributed by atoms with E-state index in [0.29, 0.717) is 13.0 Å². The van der Waals surface area contributed by atoms with Crippen molar-refractivity contribution in [3.05, 3.63) is 35.7 Å². The van der Waals surface area contributed by atoms with Crippen LogP contribution < -0.4 is 10.5 Å². The zero-order valence-corrected chi connectivity index (χ0v) is 10.4. The molecule has 0 fully saturated rings. The minimum absolute atomic E-state index is 0.641. The lowest BCUT2D eigenvalue weighted by atomic mass is 10.1. The smallest absolute Gasteiger partial charge is 0.155 e. The van der Waals surface area contributed by atoms with Gasteiger partial charge in [0, 0.05) is 13.0 Å². The lowest BCUT2D eigenvalue weighted by Gasteiger charge is -2.04. The van der Waals surface area contributed by atoms with Gasteiger partial charge in [0.05, 0.1) is 7.11 Å². The Morgan fingerprint density at radius 1 is 1.28 bits per heavy atom. The molecule has 0 radical (unpaired) electrons. The van der Waals surface area contributed by atoms with Gasteiger partial charge in [-0.05, 0) is 41.1 Å². The van der Waals surface area contributed by atoms with Crippen LogP contribution in [0.15, 0.2) is 24.3 Å². The van der Waals surface area contributed by atoms with E-state index in [1.807, 2.05) is 24.3 Å². The summed E-state index contributed by atoms with van der Waals surface area (Å²) in [5, 5.41) is 11.7. The van der Waals surface area contributed by atoms with Crippen LogP contribution in [-0.4, -0.2) is 33.9 Å². The fraction of sp³-hybridized carbons (Fsp3) is 0.417. The number of aromatic nitrogens is 4. The van der Waals surface area contributed by atoms with E-state index >= 15 is 0 Å². The monoisotopic (exact) mass is 247 g/mol. The third-order valence-corrected chi connectivity index (χ3v) is 2.70. The van der Waals surface area contributed by atoms with E-state index in [1.54, 1.807) is 11.8 Å². The molecule has 0 aliphatic carbocycles. The van der Waals surface area contributed by atoms with Gasteiger partial charge in [0.25, 0.3) is 0 Å². The Labute approximate surface area is 106 Å². The molecular formula is C12H17N5O. The molecule has 1 aromatic carbocycles. The molecule has 0 bridgehead atoms. The standard InChI is InChI=1S/C12H17N5O/c1-18-11-5-3-10(4-6-11)9-12-14-15-16-17(12)8-2-7-13/h3-6H,2,7-9,13H2,1H3. The van der Waals surface area contributed by atoms with Gasteiger partial charge in [-0.1, -0.05) is 12.1 Å². The first-order chi connectivity index (χ1) is 8.83. The number of benzene rings is 1. The third-order valence-electron chi connectivity index (χ3n) is 2.70. The Balaban J connectivity index is 2.05. The Bertz CT molecular complexity index is 479. The molecule has 96 valence electrons. The van der Waals surface area contributed by atoms with Gasteiger partial charge in [-0.2, -0.15) is 0 Å². The number of methoxy groups -OCH3 is 1. The van der Waals surface area contributed by atoms with Gasteiger partial charge >= 0.3 is 0 Å². The number of hydrogen-bond acceptors (Lipinski definition) is 5. The number of rotatable bonds is 6. The SMILES string of the molecule is COc1ccc(Cc2nnnn2CCCN)cc1. The van der Waals surface area contributed by atoms with Gasteiger partial charge in [-0.3, -0.25) is 0 Å². The van der Waals surface area contributed by atoms with E-state index < -0.39 is 0 Å². The van der Waals surface area contributed by atoms with Gasteiger partial charge in [-0.15, -0.1) is 5.10 Å². The lowest BCUT2D eigenvalue weighted by molar-refractivity contribution is 0.414. The van der Waals surface area contributed by atoms with Gasteiger partial charge in [0.1, 0.15) is 5.75 Å². The molecule has 0 unspecified atom stereocenters. The summed E-state index contributed by atoms with van der Waals surface area (Å²) in [6, 6.07) is 7.90. The van der Waals surface area contributed by atoms with Crippen molar-refractivity contribution < 1.29 is 4.74 Å². The maximum absolute atomic E-state index is 5.48. The van der Waals surface area contributed by atoms with E-state index in [4.69, 9.17) is 10.5 Å². The summed E-state index contributed by atoms with van der Waals surface area (Å²) in [6.07, 6.45) is 1.59. The zero-order chi connectivity index (χ0) is 12.8. The highest BCUT2D eigenvalue weighted by molar-refractivity contribution is 5.28. The molecule has 2 N–H and O–H groups in total. The largest absolute Gasteiger partial charge is 0.497 e. The van der Waals surface area contributed by atoms with Gasteiger partial charge in [0.2, 0.25) is 0 Å². The quantitative estimate of drug-likeness (QED) is 0.809. The summed E-state index contributed by atoms with van der Waals surface area (Å²) in [6.45, 7) is 1.40. The highest BCUT2D eigenvalue weighted by Gasteiger charge is 2.06. The predicted molar refractivity (Wildman–Crippen MR) is 67.3 cm³/mol. The van der Waals surface area contributed by atoms with Crippen LogP contribution in [-0.2, 0) is 13.0 Å². The number of nitrogens with zero attached hydrogens (tertiary/aromatic N) is 4. The average Bonchev–Trinajstić information content (AvgIpc) is 2.84. The molecule has 0 spiro atoms. The van der Waals surface area contributed by atoms with Crippen molar-refractivity contribution in [1.29, 1.82) is 0 Å². The fourth-order valence-corrected chi connectivity index (χ4v) is 1.69. The Hall–Kier alpha value is -1.95. The summed E-state index contributed by atoms with van der Waals surface area (Å²) in [7, 11) is 1.66. The first kappa shape index (κ1) is 12.5. The maximum Gasteiger partial charge on any atom is 0.155 e. The maximum atomic E-state index is 5.48. The molecule has 0 saturated carbocycles. The minimum atomic E-state index is 0.641. The van der Waals surface area contributed by atoms with E-state index in [2.05, 4.69) is 15.5 Å². The van der Waals surface area contributed by atoms with Crippen molar-refractivity contribution in [3.8, 4) is 5.75 Å². The minimum Gasteiger partial charge on any atom is -0.497 e. The number of nitrogens with two attached hydrogens (primary N) is 1. The third kappa shape index (κ3) is 3.04. The van der Waals surface area contributed by atoms with Crippen LogP contribution in [0.5, 0.6) is 5.75 Å². The molecule has 0 saturated heterocycles. The molecule has 0 atom stereocenters. The van der Waals surface area contributed by atoms with Crippen molar-refractivity contribution in [2.75, 3.05) is 13.7 Å². The first-order valence-corrected chi connectivity index (χ1v) is 5.91. The molecule has 1 heterocycles. The summed E-state index contributed by atoms with van der Waals surface area (Å²) >= 11 is 0. The summed E-state index contributed by atoms with van der Waals surface area (Å²) in [5.41, 5.74) is 6.64. The second-order valence-corrected chi connectivity index (χ2v) is 3.99. The van der Waals surface area contributed by atoms with Crippen LogP contribution in [0.2, 0.25) is 0 Å². The second kappa shape index (κ2) is 6.11. The van der Waals surface area contributed by atoms with E-state index in [1.165, 1.54) is 0 Å². The Kier molecular flexibility index (Phi) is 4.25. The van der Waals surface area contributed by atoms with Crippen molar-refractivity contribution in [2.24, 2.45) is 5.73 Å². The fourth-order valence-electron chi connectivity index (χ4n) is 1.69. The first-order valence-electron chi connectivity index (χ1n) is 5.91. The molecule has 2 rings (SSSR count). The zero-order valence-electron chi connectivity index (χ0n) is 10.4. The van der Waals surface area contributed by atoms with E-state index in [9.17, 15) is 0 Å². The van der Waals surface area contributed by atoms with Crippen molar-refractivity contribution in [2.45, 2.75) is 19.4 Å². The van der Waals surface area contributed by atoms with Gasteiger partial charge in [-0.25, -0.2) is 4.68 Å². The summed E-state index contributed by atoms with van der Waals surface area (Å²) in [4.78, 5) is 0. The van der Waals surface area contributed by atoms with E-state index in [-0.39, 0.29) is 0 Å². The number of hydrogen-bond donors (Lipinski definition) is 1. The molecular weight excluding hydrogens is 230 g/mol. The number of aryl methyl sites for hydroxylation is 1. The topological polar surface area (TPSA) is 78.9 Å². The lowest BCUT2D eigenvalue weighted by Crippen LogP contribution is -2.10. The molecule has 0 amide bonds. The van der Waals surface area contributed by atoms with Crippen molar-refractivity contribution in [1.82, 2.24) is 20.2 Å². The van der Waals surface area contributed by atoms with E-state index in [0.717, 1.165) is 30.1 Å². The number of tetrazole rings is 1. The number of ether oxygens (including phenoxy) is 1. The second-order valence-electron chi connectivity index (χ2n) is 3.99. The highest BCUT2D eigenvalue weighted by Crippen LogP contribution is 2.13. The van der Waals surface area contributed by atoms with Crippen molar-refractivity contribution >= 4 is 0 Å².